The molecule has 0 radical (unpaired) electrons. The molecule has 3 heterocycles. The predicted octanol–water partition coefficient (Wildman–Crippen LogP) is 6.19. The van der Waals surface area contributed by atoms with Crippen LogP contribution in [0.4, 0.5) is 5.95 Å². The SMILES string of the molecule is CCCCCCCCCCSC(CCCCCCC)C(C)OOP(=O)(O)OP(=O)(OCCC)OC[C@H]1O[C@@H](On2cnc3c(=O)[nH]c(N)nc32)[C@@H](O)[C@@H]1O. The van der Waals surface area contributed by atoms with Crippen LogP contribution in [0.3, 0.4) is 0 Å². The number of phosphoric acid groups is 2. The van der Waals surface area contributed by atoms with Crippen molar-refractivity contribution >= 4 is 44.5 Å². The molecule has 1 saturated heterocycles. The molecule has 1 aliphatic heterocycles. The van der Waals surface area contributed by atoms with Gasteiger partial charge in [0.05, 0.1) is 13.2 Å². The lowest BCUT2D eigenvalue weighted by atomic mass is 10.1. The van der Waals surface area contributed by atoms with E-state index < -0.39 is 58.5 Å². The summed E-state index contributed by atoms with van der Waals surface area (Å²) < 4.78 is 53.4. The van der Waals surface area contributed by atoms with Crippen molar-refractivity contribution in [2.24, 2.45) is 0 Å². The molecule has 0 amide bonds. The average Bonchev–Trinajstić information content (AvgIpc) is 3.66. The number of nitrogens with one attached hydrogen (secondary N) is 1. The fraction of sp³-hybridized carbons (Fsp3) is 0.848. The summed E-state index contributed by atoms with van der Waals surface area (Å²) in [6, 6.07) is 0. The number of nitrogens with two attached hydrogens (primary N) is 1. The predicted molar refractivity (Wildman–Crippen MR) is 204 cm³/mol. The second-order valence-electron chi connectivity index (χ2n) is 13.4. The second kappa shape index (κ2) is 24.2. The minimum Gasteiger partial charge on any atom is -0.387 e. The number of nitrogens with zero attached hydrogens (tertiary/aromatic N) is 3. The third kappa shape index (κ3) is 15.7. The molecule has 0 saturated carbocycles. The van der Waals surface area contributed by atoms with Gasteiger partial charge in [0.1, 0.15) is 30.7 Å². The summed E-state index contributed by atoms with van der Waals surface area (Å²) in [6.07, 6.45) is 10.6. The molecular weight excluding hydrogens is 768 g/mol. The Balaban J connectivity index is 1.55. The van der Waals surface area contributed by atoms with Crippen molar-refractivity contribution in [1.82, 2.24) is 19.7 Å². The van der Waals surface area contributed by atoms with Gasteiger partial charge < -0.3 is 30.4 Å². The van der Waals surface area contributed by atoms with Gasteiger partial charge in [0.15, 0.2) is 5.52 Å². The first-order valence-electron chi connectivity index (χ1n) is 19.1. The number of hydrogen-bond acceptors (Lipinski definition) is 16. The molecule has 312 valence electrons. The number of hydrogen-bond donors (Lipinski definition) is 5. The number of thioether (sulfide) groups is 1. The van der Waals surface area contributed by atoms with E-state index in [9.17, 15) is 29.0 Å². The summed E-state index contributed by atoms with van der Waals surface area (Å²) in [5.41, 5.74) is 4.79. The number of H-pyrrole nitrogens is 1. The Kier molecular flexibility index (Phi) is 21.0. The van der Waals surface area contributed by atoms with E-state index in [0.717, 1.165) is 61.8 Å². The van der Waals surface area contributed by atoms with Crippen LogP contribution in [0, 0.1) is 0 Å². The minimum absolute atomic E-state index is 0.0210. The molecule has 0 aromatic carbocycles. The fourth-order valence-corrected chi connectivity index (χ4v) is 9.56. The molecule has 2 aromatic heterocycles. The summed E-state index contributed by atoms with van der Waals surface area (Å²) in [6.45, 7) is 6.91. The van der Waals surface area contributed by atoms with Crippen LogP contribution in [0.1, 0.15) is 124 Å². The Morgan fingerprint density at radius 3 is 2.28 bits per heavy atom. The van der Waals surface area contributed by atoms with Gasteiger partial charge in [-0.05, 0) is 31.9 Å². The van der Waals surface area contributed by atoms with Gasteiger partial charge in [0, 0.05) is 5.25 Å². The van der Waals surface area contributed by atoms with Gasteiger partial charge in [-0.1, -0.05) is 97.8 Å². The zero-order valence-corrected chi connectivity index (χ0v) is 34.5. The molecule has 6 N–H and O–H groups in total. The Labute approximate surface area is 321 Å². The van der Waals surface area contributed by atoms with Crippen LogP contribution in [-0.4, -0.2) is 89.7 Å². The van der Waals surface area contributed by atoms with Crippen LogP contribution in [0.5, 0.6) is 0 Å². The first kappa shape index (κ1) is 46.8. The Morgan fingerprint density at radius 2 is 1.61 bits per heavy atom. The molecular formula is C33H61N5O13P2S. The number of aromatic nitrogens is 4. The largest absolute Gasteiger partial charge is 0.508 e. The molecule has 0 bridgehead atoms. The normalized spacial score (nSPS) is 22.3. The third-order valence-electron chi connectivity index (χ3n) is 8.72. The molecule has 2 aromatic rings. The first-order chi connectivity index (χ1) is 25.8. The Hall–Kier alpha value is -1.60. The number of aliphatic hydroxyl groups excluding tert-OH is 2. The van der Waals surface area contributed by atoms with Crippen LogP contribution in [0.15, 0.2) is 11.1 Å². The van der Waals surface area contributed by atoms with E-state index in [1.165, 1.54) is 44.9 Å². The van der Waals surface area contributed by atoms with Crippen LogP contribution in [0.2, 0.25) is 0 Å². The van der Waals surface area contributed by atoms with Gasteiger partial charge in [0.25, 0.3) is 11.8 Å². The summed E-state index contributed by atoms with van der Waals surface area (Å²) in [4.78, 5) is 43.7. The molecule has 54 heavy (non-hydrogen) atoms. The van der Waals surface area contributed by atoms with Crippen LogP contribution in [-0.2, 0) is 36.8 Å². The summed E-state index contributed by atoms with van der Waals surface area (Å²) in [5.74, 6) is 0.708. The lowest BCUT2D eigenvalue weighted by Crippen LogP contribution is -2.38. The van der Waals surface area contributed by atoms with Gasteiger partial charge in [0.2, 0.25) is 11.6 Å². The summed E-state index contributed by atoms with van der Waals surface area (Å²) in [5, 5.41) is 21.2. The molecule has 1 fully saturated rings. The van der Waals surface area contributed by atoms with E-state index in [4.69, 9.17) is 38.2 Å². The Morgan fingerprint density at radius 1 is 0.963 bits per heavy atom. The van der Waals surface area contributed by atoms with Crippen molar-refractivity contribution in [2.45, 2.75) is 160 Å². The van der Waals surface area contributed by atoms with Crippen LogP contribution < -0.4 is 16.1 Å². The fourth-order valence-electron chi connectivity index (χ4n) is 5.68. The first-order valence-corrected chi connectivity index (χ1v) is 23.1. The zero-order valence-electron chi connectivity index (χ0n) is 31.9. The highest BCUT2D eigenvalue weighted by Gasteiger charge is 2.47. The van der Waals surface area contributed by atoms with Gasteiger partial charge >= 0.3 is 15.6 Å². The lowest BCUT2D eigenvalue weighted by Gasteiger charge is -2.25. The van der Waals surface area contributed by atoms with Crippen molar-refractivity contribution in [3.05, 3.63) is 16.7 Å². The maximum atomic E-state index is 13.6. The molecule has 0 aliphatic carbocycles. The molecule has 4 unspecified atom stereocenters. The third-order valence-corrected chi connectivity index (χ3v) is 13.2. The van der Waals surface area contributed by atoms with Crippen molar-refractivity contribution in [3.8, 4) is 0 Å². The van der Waals surface area contributed by atoms with E-state index in [2.05, 4.69) is 28.8 Å². The minimum atomic E-state index is -5.19. The number of ether oxygens (including phenoxy) is 1. The number of anilines is 1. The molecule has 1 aliphatic rings. The second-order valence-corrected chi connectivity index (χ2v) is 17.9. The quantitative estimate of drug-likeness (QED) is 0.0255. The molecule has 3 rings (SSSR count). The number of imidazole rings is 1. The number of aliphatic hydroxyl groups is 2. The highest BCUT2D eigenvalue weighted by atomic mass is 32.2. The average molecular weight is 830 g/mol. The molecule has 21 heteroatoms. The molecule has 8 atom stereocenters. The van der Waals surface area contributed by atoms with E-state index in [-0.39, 0.29) is 29.0 Å². The van der Waals surface area contributed by atoms with E-state index in [0.29, 0.717) is 6.42 Å². The van der Waals surface area contributed by atoms with Crippen molar-refractivity contribution in [3.63, 3.8) is 0 Å². The van der Waals surface area contributed by atoms with Crippen LogP contribution >= 0.6 is 27.4 Å². The number of phosphoric ester groups is 1. The number of unbranched alkanes of at least 4 members (excludes halogenated alkanes) is 11. The van der Waals surface area contributed by atoms with Crippen molar-refractivity contribution in [1.29, 1.82) is 0 Å². The topological polar surface area (TPSA) is 249 Å². The van der Waals surface area contributed by atoms with Crippen molar-refractivity contribution < 1.29 is 56.7 Å². The van der Waals surface area contributed by atoms with E-state index in [1.807, 2.05) is 0 Å². The van der Waals surface area contributed by atoms with Gasteiger partial charge in [-0.25, -0.2) is 19.0 Å². The van der Waals surface area contributed by atoms with Gasteiger partial charge in [-0.15, -0.1) is 9.40 Å². The monoisotopic (exact) mass is 829 g/mol. The van der Waals surface area contributed by atoms with Crippen LogP contribution in [0.25, 0.3) is 11.2 Å². The summed E-state index contributed by atoms with van der Waals surface area (Å²) in [7, 11) is -10.0. The smallest absolute Gasteiger partial charge is 0.387 e. The number of fused-ring (bicyclic) bond motifs is 1. The van der Waals surface area contributed by atoms with E-state index in [1.54, 1.807) is 25.6 Å². The maximum Gasteiger partial charge on any atom is 0.508 e. The number of aromatic amines is 1. The van der Waals surface area contributed by atoms with Crippen molar-refractivity contribution in [2.75, 3.05) is 24.7 Å². The maximum absolute atomic E-state index is 13.6. The highest BCUT2D eigenvalue weighted by molar-refractivity contribution is 7.99. The standard InChI is InChI=1S/C33H61N5O13P2S/c1-5-8-10-12-13-14-16-18-21-54-26(19-17-15-11-9-6-2)24(4)49-50-52(42,43)51-53(44,45-20-7-3)46-22-25-28(39)29(40)32(47-25)48-38-23-35-27-30(38)36-33(34)37-31(27)41/h23-26,28-29,32,39-40H,5-22H2,1-4H3,(H,42,43)(H3,34,36,37,41)/t24?,25-,26?,28-,29+,32+,53?/m1/s1. The zero-order chi connectivity index (χ0) is 39.6. The highest BCUT2D eigenvalue weighted by Crippen LogP contribution is 2.64. The van der Waals surface area contributed by atoms with Gasteiger partial charge in [-0.2, -0.15) is 21.1 Å². The van der Waals surface area contributed by atoms with Gasteiger partial charge in [-0.3, -0.25) is 18.8 Å². The molecule has 18 nitrogen and oxygen atoms in total. The lowest BCUT2D eigenvalue weighted by molar-refractivity contribution is -0.252. The summed E-state index contributed by atoms with van der Waals surface area (Å²) >= 11 is 1.75. The Bertz CT molecular complexity index is 1520. The van der Waals surface area contributed by atoms with E-state index >= 15 is 0 Å². The molecule has 0 spiro atoms. The number of nitrogen functional groups attached to an aromatic ring is 1. The number of rotatable bonds is 30.